The first-order chi connectivity index (χ1) is 8.14. The van der Waals surface area contributed by atoms with E-state index in [0.29, 0.717) is 5.92 Å². The summed E-state index contributed by atoms with van der Waals surface area (Å²) < 4.78 is 34.5. The van der Waals surface area contributed by atoms with Crippen molar-refractivity contribution in [3.05, 3.63) is 23.8 Å². The van der Waals surface area contributed by atoms with Crippen molar-refractivity contribution >= 4 is 0 Å². The van der Waals surface area contributed by atoms with Crippen molar-refractivity contribution in [3.63, 3.8) is 0 Å². The molecule has 1 fully saturated rings. The number of hydrogen-bond donors (Lipinski definition) is 1. The summed E-state index contributed by atoms with van der Waals surface area (Å²) in [6, 6.07) is 5.05. The first-order valence-corrected chi connectivity index (χ1v) is 5.74. The van der Waals surface area contributed by atoms with E-state index >= 15 is 0 Å². The molecule has 3 nitrogen and oxygen atoms in total. The summed E-state index contributed by atoms with van der Waals surface area (Å²) in [7, 11) is 0. The Bertz CT molecular complexity index is 431. The topological polar surface area (TPSA) is 30.5 Å². The Labute approximate surface area is 97.7 Å². The summed E-state index contributed by atoms with van der Waals surface area (Å²) in [5.41, 5.74) is 1.03. The van der Waals surface area contributed by atoms with Gasteiger partial charge in [0.05, 0.1) is 0 Å². The molecule has 1 N–H and O–H groups in total. The number of piperidine rings is 1. The molecule has 2 heterocycles. The number of ether oxygens (including phenoxy) is 2. The standard InChI is InChI=1S/C12H13F2NO2/c13-12(14)16-10-4-3-8(6-11(10)17-12)9-2-1-5-15-7-9/h3-4,6,9,15H,1-2,5,7H2. The van der Waals surface area contributed by atoms with Crippen LogP contribution in [0.5, 0.6) is 11.5 Å². The van der Waals surface area contributed by atoms with Gasteiger partial charge in [-0.3, -0.25) is 0 Å². The van der Waals surface area contributed by atoms with Gasteiger partial charge in [0.1, 0.15) is 0 Å². The summed E-state index contributed by atoms with van der Waals surface area (Å²) in [6.07, 6.45) is -1.34. The zero-order valence-electron chi connectivity index (χ0n) is 9.21. The second kappa shape index (κ2) is 3.84. The lowest BCUT2D eigenvalue weighted by atomic mass is 9.91. The molecule has 3 rings (SSSR count). The summed E-state index contributed by atoms with van der Waals surface area (Å²) in [6.45, 7) is 1.91. The number of nitrogens with one attached hydrogen (secondary N) is 1. The average Bonchev–Trinajstić information content (AvgIpc) is 2.63. The number of halogens is 2. The highest BCUT2D eigenvalue weighted by Gasteiger charge is 2.43. The van der Waals surface area contributed by atoms with Crippen LogP contribution in [0.4, 0.5) is 8.78 Å². The van der Waals surface area contributed by atoms with Crippen LogP contribution in [0, 0.1) is 0 Å². The fraction of sp³-hybridized carbons (Fsp3) is 0.500. The Morgan fingerprint density at radius 2 is 2.06 bits per heavy atom. The van der Waals surface area contributed by atoms with Crippen molar-refractivity contribution in [1.82, 2.24) is 5.32 Å². The van der Waals surface area contributed by atoms with Crippen LogP contribution in [-0.2, 0) is 0 Å². The zero-order chi connectivity index (χ0) is 11.9. The maximum absolute atomic E-state index is 12.9. The van der Waals surface area contributed by atoms with Gasteiger partial charge in [0.25, 0.3) is 0 Å². The van der Waals surface area contributed by atoms with E-state index in [1.54, 1.807) is 12.1 Å². The normalized spacial score (nSPS) is 25.9. The van der Waals surface area contributed by atoms with E-state index in [1.165, 1.54) is 0 Å². The monoisotopic (exact) mass is 241 g/mol. The minimum absolute atomic E-state index is 0.113. The predicted octanol–water partition coefficient (Wildman–Crippen LogP) is 2.48. The van der Waals surface area contributed by atoms with Crippen molar-refractivity contribution < 1.29 is 18.3 Å². The lowest BCUT2D eigenvalue weighted by Gasteiger charge is -2.23. The zero-order valence-corrected chi connectivity index (χ0v) is 9.21. The molecule has 5 heteroatoms. The Morgan fingerprint density at radius 3 is 2.82 bits per heavy atom. The predicted molar refractivity (Wildman–Crippen MR) is 57.5 cm³/mol. The van der Waals surface area contributed by atoms with Gasteiger partial charge >= 0.3 is 6.29 Å². The molecular formula is C12H13F2NO2. The molecule has 1 aromatic rings. The number of rotatable bonds is 1. The summed E-state index contributed by atoms with van der Waals surface area (Å²) >= 11 is 0. The van der Waals surface area contributed by atoms with Crippen LogP contribution in [0.1, 0.15) is 24.3 Å². The van der Waals surface area contributed by atoms with Crippen LogP contribution >= 0.6 is 0 Å². The van der Waals surface area contributed by atoms with Gasteiger partial charge in [-0.05, 0) is 43.0 Å². The number of alkyl halides is 2. The Morgan fingerprint density at radius 1 is 1.24 bits per heavy atom. The fourth-order valence-corrected chi connectivity index (χ4v) is 2.36. The van der Waals surface area contributed by atoms with Gasteiger partial charge in [-0.2, -0.15) is 0 Å². The molecule has 1 saturated heterocycles. The van der Waals surface area contributed by atoms with Crippen molar-refractivity contribution in [3.8, 4) is 11.5 Å². The second-order valence-electron chi connectivity index (χ2n) is 4.42. The Balaban J connectivity index is 1.85. The van der Waals surface area contributed by atoms with E-state index in [9.17, 15) is 8.78 Å². The quantitative estimate of drug-likeness (QED) is 0.819. The van der Waals surface area contributed by atoms with Crippen LogP contribution in [0.25, 0.3) is 0 Å². The van der Waals surface area contributed by atoms with E-state index in [1.807, 2.05) is 6.07 Å². The van der Waals surface area contributed by atoms with E-state index in [4.69, 9.17) is 0 Å². The molecule has 1 unspecified atom stereocenters. The lowest BCUT2D eigenvalue weighted by molar-refractivity contribution is -0.286. The minimum Gasteiger partial charge on any atom is -0.395 e. The fourth-order valence-electron chi connectivity index (χ4n) is 2.36. The number of fused-ring (bicyclic) bond motifs is 1. The molecule has 0 amide bonds. The summed E-state index contributed by atoms with van der Waals surface area (Å²) in [5.74, 6) is 0.618. The molecule has 2 aliphatic rings. The molecule has 17 heavy (non-hydrogen) atoms. The van der Waals surface area contributed by atoms with E-state index in [0.717, 1.165) is 31.5 Å². The third kappa shape index (κ3) is 2.07. The Hall–Kier alpha value is -1.36. The molecule has 0 radical (unpaired) electrons. The highest BCUT2D eigenvalue weighted by Crippen LogP contribution is 2.42. The number of benzene rings is 1. The van der Waals surface area contributed by atoms with E-state index in [2.05, 4.69) is 14.8 Å². The van der Waals surface area contributed by atoms with Gasteiger partial charge in [-0.1, -0.05) is 6.07 Å². The Kier molecular flexibility index (Phi) is 2.43. The molecule has 2 aliphatic heterocycles. The van der Waals surface area contributed by atoms with Crippen molar-refractivity contribution in [1.29, 1.82) is 0 Å². The van der Waals surface area contributed by atoms with Crippen LogP contribution in [0.15, 0.2) is 18.2 Å². The molecule has 0 saturated carbocycles. The van der Waals surface area contributed by atoms with Crippen molar-refractivity contribution in [2.75, 3.05) is 13.1 Å². The molecule has 0 aromatic heterocycles. The minimum atomic E-state index is -3.52. The highest BCUT2D eigenvalue weighted by atomic mass is 19.3. The third-order valence-corrected chi connectivity index (χ3v) is 3.19. The van der Waals surface area contributed by atoms with Gasteiger partial charge in [-0.15, -0.1) is 8.78 Å². The molecule has 92 valence electrons. The first-order valence-electron chi connectivity index (χ1n) is 5.74. The van der Waals surface area contributed by atoms with E-state index < -0.39 is 6.29 Å². The third-order valence-electron chi connectivity index (χ3n) is 3.19. The maximum Gasteiger partial charge on any atom is 0.586 e. The van der Waals surface area contributed by atoms with E-state index in [-0.39, 0.29) is 11.5 Å². The van der Waals surface area contributed by atoms with Gasteiger partial charge < -0.3 is 14.8 Å². The maximum atomic E-state index is 12.9. The van der Waals surface area contributed by atoms with Crippen molar-refractivity contribution in [2.24, 2.45) is 0 Å². The highest BCUT2D eigenvalue weighted by molar-refractivity contribution is 5.46. The second-order valence-corrected chi connectivity index (χ2v) is 4.42. The molecule has 1 atom stereocenters. The van der Waals surface area contributed by atoms with Gasteiger partial charge in [0.15, 0.2) is 11.5 Å². The van der Waals surface area contributed by atoms with Crippen LogP contribution in [0.2, 0.25) is 0 Å². The molecule has 0 spiro atoms. The van der Waals surface area contributed by atoms with Gasteiger partial charge in [0.2, 0.25) is 0 Å². The van der Waals surface area contributed by atoms with Crippen LogP contribution < -0.4 is 14.8 Å². The average molecular weight is 241 g/mol. The summed E-state index contributed by atoms with van der Waals surface area (Å²) in [5, 5.41) is 3.30. The van der Waals surface area contributed by atoms with Crippen molar-refractivity contribution in [2.45, 2.75) is 25.1 Å². The SMILES string of the molecule is FC1(F)Oc2ccc(C3CCCNC3)cc2O1. The number of hydrogen-bond acceptors (Lipinski definition) is 3. The summed E-state index contributed by atoms with van der Waals surface area (Å²) in [4.78, 5) is 0. The van der Waals surface area contributed by atoms with Gasteiger partial charge in [-0.25, -0.2) is 0 Å². The van der Waals surface area contributed by atoms with Crippen LogP contribution in [-0.4, -0.2) is 19.4 Å². The first kappa shape index (κ1) is 10.8. The van der Waals surface area contributed by atoms with Crippen LogP contribution in [0.3, 0.4) is 0 Å². The largest absolute Gasteiger partial charge is 0.586 e. The molecule has 0 aliphatic carbocycles. The molecule has 1 aromatic carbocycles. The van der Waals surface area contributed by atoms with Gasteiger partial charge in [0, 0.05) is 6.54 Å². The molecule has 0 bridgehead atoms. The smallest absolute Gasteiger partial charge is 0.395 e. The lowest BCUT2D eigenvalue weighted by Crippen LogP contribution is -2.28. The molecular weight excluding hydrogens is 228 g/mol.